The van der Waals surface area contributed by atoms with Crippen molar-refractivity contribution in [3.8, 4) is 5.75 Å². The Kier molecular flexibility index (Phi) is 10.3. The average Bonchev–Trinajstić information content (AvgIpc) is 3.40. The van der Waals surface area contributed by atoms with Crippen LogP contribution in [-0.4, -0.2) is 60.7 Å². The first-order valence-electron chi connectivity index (χ1n) is 12.2. The summed E-state index contributed by atoms with van der Waals surface area (Å²) < 4.78 is 8.32. The van der Waals surface area contributed by atoms with Gasteiger partial charge < -0.3 is 26.0 Å². The molecule has 0 spiro atoms. The minimum Gasteiger partial charge on any atom is -0.497 e. The van der Waals surface area contributed by atoms with E-state index < -0.39 is 12.1 Å². The molecule has 0 saturated carbocycles. The Morgan fingerprint density at radius 3 is 2.46 bits per heavy atom. The largest absolute Gasteiger partial charge is 0.497 e. The molecule has 2 aromatic rings. The summed E-state index contributed by atoms with van der Waals surface area (Å²) in [7, 11) is 1.59. The first-order valence-corrected chi connectivity index (χ1v) is 13.0. The molecule has 1 aliphatic heterocycles. The van der Waals surface area contributed by atoms with E-state index in [1.165, 1.54) is 11.9 Å². The van der Waals surface area contributed by atoms with Crippen LogP contribution in [0.5, 0.6) is 5.75 Å². The SMILES string of the molecule is CCNC(=O)C[C@@H](NSc1ccc(OC)cc1)C(=O)N1CCC[C@H]1C(=O)NCc1ccc(C(=N)N)cc1. The monoisotopic (exact) mass is 526 g/mol. The Labute approximate surface area is 221 Å². The molecule has 11 heteroatoms. The van der Waals surface area contributed by atoms with Crippen LogP contribution in [-0.2, 0) is 20.9 Å². The predicted molar refractivity (Wildman–Crippen MR) is 143 cm³/mol. The van der Waals surface area contributed by atoms with Crippen LogP contribution in [0, 0.1) is 5.41 Å². The van der Waals surface area contributed by atoms with E-state index in [2.05, 4.69) is 15.4 Å². The maximum atomic E-state index is 13.5. The summed E-state index contributed by atoms with van der Waals surface area (Å²) in [5.41, 5.74) is 6.96. The van der Waals surface area contributed by atoms with E-state index in [0.717, 1.165) is 16.2 Å². The number of amides is 3. The minimum atomic E-state index is -0.800. The Morgan fingerprint density at radius 2 is 1.84 bits per heavy atom. The van der Waals surface area contributed by atoms with Crippen LogP contribution in [0.3, 0.4) is 0 Å². The second kappa shape index (κ2) is 13.7. The van der Waals surface area contributed by atoms with Crippen molar-refractivity contribution in [3.63, 3.8) is 0 Å². The van der Waals surface area contributed by atoms with Crippen LogP contribution >= 0.6 is 11.9 Å². The Bertz CT molecular complexity index is 1090. The van der Waals surface area contributed by atoms with Crippen molar-refractivity contribution in [2.24, 2.45) is 5.73 Å². The van der Waals surface area contributed by atoms with Crippen LogP contribution in [0.25, 0.3) is 0 Å². The van der Waals surface area contributed by atoms with Gasteiger partial charge in [0.1, 0.15) is 23.7 Å². The lowest BCUT2D eigenvalue weighted by Gasteiger charge is -2.28. The van der Waals surface area contributed by atoms with E-state index in [0.29, 0.717) is 38.0 Å². The Morgan fingerprint density at radius 1 is 1.14 bits per heavy atom. The molecular formula is C26H34N6O4S. The van der Waals surface area contributed by atoms with Gasteiger partial charge in [0.25, 0.3) is 0 Å². The van der Waals surface area contributed by atoms with Gasteiger partial charge in [0.05, 0.1) is 13.5 Å². The molecule has 198 valence electrons. The van der Waals surface area contributed by atoms with Gasteiger partial charge in [-0.05, 0) is 61.5 Å². The van der Waals surface area contributed by atoms with Gasteiger partial charge in [-0.3, -0.25) is 19.8 Å². The normalized spacial score (nSPS) is 15.6. The fourth-order valence-electron chi connectivity index (χ4n) is 4.03. The van der Waals surface area contributed by atoms with Gasteiger partial charge in [-0.1, -0.05) is 24.3 Å². The van der Waals surface area contributed by atoms with Crippen molar-refractivity contribution in [2.75, 3.05) is 20.2 Å². The molecule has 0 aromatic heterocycles. The van der Waals surface area contributed by atoms with Crippen LogP contribution < -0.4 is 25.8 Å². The highest BCUT2D eigenvalue weighted by Gasteiger charge is 2.37. The van der Waals surface area contributed by atoms with E-state index in [1.807, 2.05) is 31.2 Å². The number of hydrogen-bond donors (Lipinski definition) is 5. The highest BCUT2D eigenvalue weighted by molar-refractivity contribution is 7.97. The number of nitrogens with zero attached hydrogens (tertiary/aromatic N) is 1. The van der Waals surface area contributed by atoms with E-state index in [1.54, 1.807) is 36.3 Å². The molecule has 1 saturated heterocycles. The highest BCUT2D eigenvalue weighted by atomic mass is 32.2. The number of amidine groups is 1. The lowest BCUT2D eigenvalue weighted by Crippen LogP contribution is -2.52. The first-order chi connectivity index (χ1) is 17.8. The van der Waals surface area contributed by atoms with Crippen LogP contribution in [0.4, 0.5) is 0 Å². The lowest BCUT2D eigenvalue weighted by molar-refractivity contribution is -0.140. The molecule has 0 aliphatic carbocycles. The number of hydrogen-bond acceptors (Lipinski definition) is 7. The van der Waals surface area contributed by atoms with Crippen LogP contribution in [0.1, 0.15) is 37.3 Å². The number of carbonyl (C=O) groups excluding carboxylic acids is 3. The van der Waals surface area contributed by atoms with Gasteiger partial charge in [0.2, 0.25) is 17.7 Å². The molecule has 2 aromatic carbocycles. The number of nitrogens with one attached hydrogen (secondary N) is 4. The standard InChI is InChI=1S/C26H34N6O4S/c1-3-29-23(33)15-21(31-37-20-12-10-19(36-2)11-13-20)26(35)32-14-4-5-22(32)25(34)30-16-17-6-8-18(9-7-17)24(27)28/h6-13,21-22,31H,3-5,14-16H2,1-2H3,(H3,27,28)(H,29,33)(H,30,34)/t21-,22+/m1/s1. The highest BCUT2D eigenvalue weighted by Crippen LogP contribution is 2.23. The second-order valence-corrected chi connectivity index (χ2v) is 9.53. The maximum Gasteiger partial charge on any atom is 0.243 e. The summed E-state index contributed by atoms with van der Waals surface area (Å²) >= 11 is 1.26. The second-order valence-electron chi connectivity index (χ2n) is 8.62. The molecule has 3 amide bonds. The summed E-state index contributed by atoms with van der Waals surface area (Å²) in [6.45, 7) is 3.03. The molecule has 1 fully saturated rings. The van der Waals surface area contributed by atoms with E-state index in [-0.39, 0.29) is 30.0 Å². The molecule has 0 radical (unpaired) electrons. The van der Waals surface area contributed by atoms with Crippen LogP contribution in [0.15, 0.2) is 53.4 Å². The maximum absolute atomic E-state index is 13.5. The zero-order chi connectivity index (χ0) is 26.8. The fraction of sp³-hybridized carbons (Fsp3) is 0.385. The van der Waals surface area contributed by atoms with E-state index >= 15 is 0 Å². The van der Waals surface area contributed by atoms with Gasteiger partial charge in [-0.2, -0.15) is 0 Å². The van der Waals surface area contributed by atoms with Crippen molar-refractivity contribution in [1.82, 2.24) is 20.3 Å². The molecule has 0 bridgehead atoms. The van der Waals surface area contributed by atoms with Crippen molar-refractivity contribution >= 4 is 35.5 Å². The molecule has 1 heterocycles. The number of ether oxygens (including phenoxy) is 1. The first kappa shape index (κ1) is 28.0. The van der Waals surface area contributed by atoms with Gasteiger partial charge in [-0.15, -0.1) is 0 Å². The number of rotatable bonds is 12. The van der Waals surface area contributed by atoms with Crippen molar-refractivity contribution in [1.29, 1.82) is 5.41 Å². The third-order valence-electron chi connectivity index (χ3n) is 6.01. The smallest absolute Gasteiger partial charge is 0.243 e. The number of nitrogen functional groups attached to an aromatic ring is 1. The molecular weight excluding hydrogens is 492 g/mol. The van der Waals surface area contributed by atoms with Crippen LogP contribution in [0.2, 0.25) is 0 Å². The van der Waals surface area contributed by atoms with Crippen molar-refractivity contribution < 1.29 is 19.1 Å². The number of likely N-dealkylation sites (tertiary alicyclic amines) is 1. The summed E-state index contributed by atoms with van der Waals surface area (Å²) in [6, 6.07) is 13.0. The van der Waals surface area contributed by atoms with E-state index in [4.69, 9.17) is 15.9 Å². The predicted octanol–water partition coefficient (Wildman–Crippen LogP) is 1.78. The number of methoxy groups -OCH3 is 1. The Hall–Kier alpha value is -3.57. The molecule has 37 heavy (non-hydrogen) atoms. The molecule has 10 nitrogen and oxygen atoms in total. The molecule has 2 atom stereocenters. The quantitative estimate of drug-likeness (QED) is 0.161. The average molecular weight is 527 g/mol. The van der Waals surface area contributed by atoms with Gasteiger partial charge >= 0.3 is 0 Å². The molecule has 6 N–H and O–H groups in total. The minimum absolute atomic E-state index is 0.0170. The lowest BCUT2D eigenvalue weighted by atomic mass is 10.1. The zero-order valence-corrected chi connectivity index (χ0v) is 21.9. The summed E-state index contributed by atoms with van der Waals surface area (Å²) in [5, 5.41) is 13.1. The summed E-state index contributed by atoms with van der Waals surface area (Å²) in [4.78, 5) is 41.3. The van der Waals surface area contributed by atoms with Crippen molar-refractivity contribution in [2.45, 2.75) is 49.7 Å². The fourth-order valence-corrected chi connectivity index (χ4v) is 4.76. The van der Waals surface area contributed by atoms with Gasteiger partial charge in [0.15, 0.2) is 0 Å². The number of carbonyl (C=O) groups is 3. The number of nitrogens with two attached hydrogens (primary N) is 1. The summed E-state index contributed by atoms with van der Waals surface area (Å²) in [6.07, 6.45) is 1.22. The third-order valence-corrected chi connectivity index (χ3v) is 6.92. The van der Waals surface area contributed by atoms with Crippen molar-refractivity contribution in [3.05, 3.63) is 59.7 Å². The van der Waals surface area contributed by atoms with Gasteiger partial charge in [-0.25, -0.2) is 4.72 Å². The topological polar surface area (TPSA) is 150 Å². The molecule has 1 aliphatic rings. The number of benzene rings is 2. The Balaban J connectivity index is 1.64. The third kappa shape index (κ3) is 7.96. The van der Waals surface area contributed by atoms with Gasteiger partial charge in [0, 0.05) is 30.1 Å². The molecule has 0 unspecified atom stereocenters. The molecule has 3 rings (SSSR count). The van der Waals surface area contributed by atoms with E-state index in [9.17, 15) is 14.4 Å². The zero-order valence-electron chi connectivity index (χ0n) is 21.1. The summed E-state index contributed by atoms with van der Waals surface area (Å²) in [5.74, 6) is -0.0497.